The topological polar surface area (TPSA) is 78.3 Å². The van der Waals surface area contributed by atoms with Crippen LogP contribution in [-0.2, 0) is 0 Å². The number of ether oxygens (including phenoxy) is 1. The van der Waals surface area contributed by atoms with Gasteiger partial charge in [0.15, 0.2) is 0 Å². The molecule has 17 heavy (non-hydrogen) atoms. The van der Waals surface area contributed by atoms with Crippen LogP contribution in [0.5, 0.6) is 5.75 Å². The van der Waals surface area contributed by atoms with Crippen molar-refractivity contribution >= 4 is 11.6 Å². The van der Waals surface area contributed by atoms with E-state index in [1.807, 2.05) is 0 Å². The lowest BCUT2D eigenvalue weighted by molar-refractivity contribution is 0.100. The first-order chi connectivity index (χ1) is 8.04. The Morgan fingerprint density at radius 1 is 1.47 bits per heavy atom. The Morgan fingerprint density at radius 3 is 2.71 bits per heavy atom. The van der Waals surface area contributed by atoms with Crippen LogP contribution in [0.15, 0.2) is 18.2 Å². The highest BCUT2D eigenvalue weighted by Crippen LogP contribution is 2.23. The van der Waals surface area contributed by atoms with Gasteiger partial charge in [-0.15, -0.1) is 0 Å². The fourth-order valence-corrected chi connectivity index (χ4v) is 1.64. The van der Waals surface area contributed by atoms with E-state index in [1.54, 1.807) is 18.2 Å². The largest absolute Gasteiger partial charge is 0.491 e. The molecule has 0 bridgehead atoms. The standard InChI is InChI=1S/C13H20N2O2/c1-3-4-9(2)8-17-12-6-5-10(13(15)16)7-11(12)14/h5-7,9H,3-4,8,14H2,1-2H3,(H2,15,16). The number of carbonyl (C=O) groups excluding carboxylic acids is 1. The maximum absolute atomic E-state index is 10.9. The summed E-state index contributed by atoms with van der Waals surface area (Å²) >= 11 is 0. The molecular formula is C13H20N2O2. The van der Waals surface area contributed by atoms with Gasteiger partial charge < -0.3 is 16.2 Å². The van der Waals surface area contributed by atoms with Gasteiger partial charge in [0.05, 0.1) is 12.3 Å². The second kappa shape index (κ2) is 6.13. The van der Waals surface area contributed by atoms with Gasteiger partial charge in [-0.1, -0.05) is 20.3 Å². The van der Waals surface area contributed by atoms with E-state index >= 15 is 0 Å². The van der Waals surface area contributed by atoms with Gasteiger partial charge in [-0.2, -0.15) is 0 Å². The van der Waals surface area contributed by atoms with Crippen LogP contribution < -0.4 is 16.2 Å². The lowest BCUT2D eigenvalue weighted by Crippen LogP contribution is -2.12. The highest BCUT2D eigenvalue weighted by atomic mass is 16.5. The normalized spacial score (nSPS) is 12.1. The van der Waals surface area contributed by atoms with Gasteiger partial charge in [0.1, 0.15) is 5.75 Å². The summed E-state index contributed by atoms with van der Waals surface area (Å²) in [5.41, 5.74) is 11.8. The average Bonchev–Trinajstić information content (AvgIpc) is 2.27. The average molecular weight is 236 g/mol. The second-order valence-corrected chi connectivity index (χ2v) is 4.32. The van der Waals surface area contributed by atoms with Crippen molar-refractivity contribution in [2.24, 2.45) is 11.7 Å². The summed E-state index contributed by atoms with van der Waals surface area (Å²) in [6.07, 6.45) is 2.26. The van der Waals surface area contributed by atoms with Crippen molar-refractivity contribution in [2.75, 3.05) is 12.3 Å². The van der Waals surface area contributed by atoms with E-state index in [4.69, 9.17) is 16.2 Å². The lowest BCUT2D eigenvalue weighted by atomic mass is 10.1. The van der Waals surface area contributed by atoms with Gasteiger partial charge in [-0.05, 0) is 30.5 Å². The van der Waals surface area contributed by atoms with Crippen LogP contribution in [0, 0.1) is 5.92 Å². The number of hydrogen-bond acceptors (Lipinski definition) is 3. The molecule has 4 nitrogen and oxygen atoms in total. The van der Waals surface area contributed by atoms with Gasteiger partial charge in [-0.25, -0.2) is 0 Å². The van der Waals surface area contributed by atoms with Crippen molar-refractivity contribution in [3.05, 3.63) is 23.8 Å². The molecule has 1 aromatic rings. The predicted octanol–water partition coefficient (Wildman–Crippen LogP) is 2.18. The van der Waals surface area contributed by atoms with Crippen molar-refractivity contribution < 1.29 is 9.53 Å². The third-order valence-electron chi connectivity index (χ3n) is 2.60. The van der Waals surface area contributed by atoms with Crippen LogP contribution in [0.4, 0.5) is 5.69 Å². The molecule has 0 aromatic heterocycles. The zero-order valence-electron chi connectivity index (χ0n) is 10.4. The molecule has 4 heteroatoms. The Balaban J connectivity index is 2.63. The molecule has 1 amide bonds. The third kappa shape index (κ3) is 3.98. The molecule has 0 radical (unpaired) electrons. The molecule has 0 aliphatic heterocycles. The Bertz CT molecular complexity index is 391. The minimum absolute atomic E-state index is 0.399. The van der Waals surface area contributed by atoms with Crippen molar-refractivity contribution in [3.8, 4) is 5.75 Å². The zero-order valence-corrected chi connectivity index (χ0v) is 10.4. The van der Waals surface area contributed by atoms with Gasteiger partial charge in [-0.3, -0.25) is 4.79 Å². The van der Waals surface area contributed by atoms with Crippen LogP contribution in [0.3, 0.4) is 0 Å². The highest BCUT2D eigenvalue weighted by Gasteiger charge is 2.07. The number of nitrogens with two attached hydrogens (primary N) is 2. The van der Waals surface area contributed by atoms with E-state index < -0.39 is 5.91 Å². The van der Waals surface area contributed by atoms with E-state index in [9.17, 15) is 4.79 Å². The van der Waals surface area contributed by atoms with Crippen LogP contribution in [-0.4, -0.2) is 12.5 Å². The predicted molar refractivity (Wildman–Crippen MR) is 68.9 cm³/mol. The number of carbonyl (C=O) groups is 1. The number of hydrogen-bond donors (Lipinski definition) is 2. The van der Waals surface area contributed by atoms with Gasteiger partial charge in [0.25, 0.3) is 0 Å². The molecule has 0 spiro atoms. The molecule has 0 fully saturated rings. The first-order valence-electron chi connectivity index (χ1n) is 5.86. The number of benzene rings is 1. The minimum atomic E-state index is -0.484. The summed E-state index contributed by atoms with van der Waals surface area (Å²) in [6.45, 7) is 4.91. The monoisotopic (exact) mass is 236 g/mol. The van der Waals surface area contributed by atoms with Crippen molar-refractivity contribution in [3.63, 3.8) is 0 Å². The summed E-state index contributed by atoms with van der Waals surface area (Å²) in [4.78, 5) is 10.9. The number of primary amides is 1. The molecule has 94 valence electrons. The smallest absolute Gasteiger partial charge is 0.248 e. The van der Waals surface area contributed by atoms with Crippen molar-refractivity contribution in [1.29, 1.82) is 0 Å². The van der Waals surface area contributed by atoms with Gasteiger partial charge in [0.2, 0.25) is 5.91 Å². The van der Waals surface area contributed by atoms with Crippen molar-refractivity contribution in [2.45, 2.75) is 26.7 Å². The second-order valence-electron chi connectivity index (χ2n) is 4.32. The van der Waals surface area contributed by atoms with Crippen LogP contribution >= 0.6 is 0 Å². The molecule has 0 saturated carbocycles. The van der Waals surface area contributed by atoms with E-state index in [-0.39, 0.29) is 0 Å². The molecule has 4 N–H and O–H groups in total. The lowest BCUT2D eigenvalue weighted by Gasteiger charge is -2.13. The van der Waals surface area contributed by atoms with E-state index in [0.29, 0.717) is 29.5 Å². The molecule has 0 aliphatic rings. The van der Waals surface area contributed by atoms with E-state index in [0.717, 1.165) is 12.8 Å². The molecule has 1 atom stereocenters. The Labute approximate surface area is 102 Å². The number of anilines is 1. The summed E-state index contributed by atoms with van der Waals surface area (Å²) in [7, 11) is 0. The van der Waals surface area contributed by atoms with Crippen LogP contribution in [0.1, 0.15) is 37.0 Å². The number of rotatable bonds is 6. The fraction of sp³-hybridized carbons (Fsp3) is 0.462. The molecule has 0 saturated heterocycles. The number of amides is 1. The Morgan fingerprint density at radius 2 is 2.18 bits per heavy atom. The van der Waals surface area contributed by atoms with E-state index in [2.05, 4.69) is 13.8 Å². The Kier molecular flexibility index (Phi) is 4.82. The zero-order chi connectivity index (χ0) is 12.8. The van der Waals surface area contributed by atoms with Gasteiger partial charge >= 0.3 is 0 Å². The number of nitrogen functional groups attached to an aromatic ring is 1. The maximum atomic E-state index is 10.9. The van der Waals surface area contributed by atoms with Crippen LogP contribution in [0.25, 0.3) is 0 Å². The van der Waals surface area contributed by atoms with Gasteiger partial charge in [0, 0.05) is 5.56 Å². The minimum Gasteiger partial charge on any atom is -0.491 e. The molecule has 0 aliphatic carbocycles. The van der Waals surface area contributed by atoms with Crippen LogP contribution in [0.2, 0.25) is 0 Å². The molecule has 1 unspecified atom stereocenters. The van der Waals surface area contributed by atoms with E-state index in [1.165, 1.54) is 0 Å². The molecule has 0 heterocycles. The quantitative estimate of drug-likeness (QED) is 0.743. The summed E-state index contributed by atoms with van der Waals surface area (Å²) in [6, 6.07) is 4.86. The summed E-state index contributed by atoms with van der Waals surface area (Å²) < 4.78 is 5.61. The third-order valence-corrected chi connectivity index (χ3v) is 2.60. The Hall–Kier alpha value is -1.71. The SMILES string of the molecule is CCCC(C)COc1ccc(C(N)=O)cc1N. The molecule has 1 rings (SSSR count). The fourth-order valence-electron chi connectivity index (χ4n) is 1.64. The maximum Gasteiger partial charge on any atom is 0.248 e. The first kappa shape index (κ1) is 13.4. The first-order valence-corrected chi connectivity index (χ1v) is 5.86. The summed E-state index contributed by atoms with van der Waals surface area (Å²) in [5, 5.41) is 0. The molecular weight excluding hydrogens is 216 g/mol. The van der Waals surface area contributed by atoms with Crippen molar-refractivity contribution in [1.82, 2.24) is 0 Å². The summed E-state index contributed by atoms with van der Waals surface area (Å²) in [5.74, 6) is 0.621. The molecule has 1 aromatic carbocycles. The highest BCUT2D eigenvalue weighted by molar-refractivity contribution is 5.94.